The van der Waals surface area contributed by atoms with Gasteiger partial charge in [-0.25, -0.2) is 9.78 Å². The molecule has 0 radical (unpaired) electrons. The van der Waals surface area contributed by atoms with Crippen molar-refractivity contribution in [1.82, 2.24) is 4.98 Å². The number of ether oxygens (including phenoxy) is 4. The summed E-state index contributed by atoms with van der Waals surface area (Å²) >= 11 is 0. The highest BCUT2D eigenvalue weighted by Gasteiger charge is 2.27. The second-order valence-electron chi connectivity index (χ2n) is 7.99. The van der Waals surface area contributed by atoms with Gasteiger partial charge in [0, 0.05) is 5.39 Å². The van der Waals surface area contributed by atoms with E-state index in [1.165, 1.54) is 0 Å². The number of hydrogen-bond acceptors (Lipinski definition) is 7. The number of para-hydroxylation sites is 1. The molecule has 0 amide bonds. The number of aromatic nitrogens is 1. The van der Waals surface area contributed by atoms with E-state index in [9.17, 15) is 4.79 Å². The van der Waals surface area contributed by atoms with Crippen molar-refractivity contribution in [2.45, 2.75) is 32.3 Å². The van der Waals surface area contributed by atoms with Crippen LogP contribution >= 0.6 is 0 Å². The molecule has 0 saturated carbocycles. The number of rotatable bonds is 6. The molecule has 1 heterocycles. The normalized spacial score (nSPS) is 14.7. The molecule has 3 aromatic rings. The number of esters is 1. The van der Waals surface area contributed by atoms with E-state index in [-0.39, 0.29) is 0 Å². The molecule has 7 heteroatoms. The molecule has 1 unspecified atom stereocenters. The summed E-state index contributed by atoms with van der Waals surface area (Å²) in [5.41, 5.74) is 4.68. The first-order valence-corrected chi connectivity index (χ1v) is 11.0. The first kappa shape index (κ1) is 23.1. The minimum Gasteiger partial charge on any atom is -0.493 e. The molecule has 1 atom stereocenters. The zero-order valence-corrected chi connectivity index (χ0v) is 19.7. The van der Waals surface area contributed by atoms with Gasteiger partial charge in [0.15, 0.2) is 17.6 Å². The summed E-state index contributed by atoms with van der Waals surface area (Å²) in [7, 11) is 4.73. The molecule has 0 spiro atoms. The topological polar surface area (TPSA) is 90.7 Å². The average Bonchev–Trinajstić information content (AvgIpc) is 2.86. The number of methoxy groups -OCH3 is 3. The molecule has 0 fully saturated rings. The summed E-state index contributed by atoms with van der Waals surface area (Å²) in [5, 5.41) is 9.86. The maximum Gasteiger partial charge on any atom is 0.340 e. The third kappa shape index (κ3) is 4.27. The highest BCUT2D eigenvalue weighted by Crippen LogP contribution is 2.41. The number of carbonyl (C=O) groups is 1. The average molecular weight is 459 g/mol. The van der Waals surface area contributed by atoms with E-state index in [4.69, 9.17) is 29.2 Å². The fourth-order valence-corrected chi connectivity index (χ4v) is 4.34. The molecule has 0 bridgehead atoms. The fourth-order valence-electron chi connectivity index (χ4n) is 4.34. The molecule has 7 nitrogen and oxygen atoms in total. The predicted molar refractivity (Wildman–Crippen MR) is 129 cm³/mol. The summed E-state index contributed by atoms with van der Waals surface area (Å²) in [4.78, 5) is 18.1. The first-order chi connectivity index (χ1) is 16.5. The Hall–Kier alpha value is -4.05. The Morgan fingerprint density at radius 1 is 1.09 bits per heavy atom. The van der Waals surface area contributed by atoms with E-state index >= 15 is 0 Å². The minimum atomic E-state index is -0.840. The van der Waals surface area contributed by atoms with E-state index in [1.54, 1.807) is 28.3 Å². The number of allylic oxidation sites excluding steroid dienone is 1. The number of nitrogens with zero attached hydrogens (tertiary/aromatic N) is 2. The maximum absolute atomic E-state index is 13.1. The smallest absolute Gasteiger partial charge is 0.340 e. The lowest BCUT2D eigenvalue weighted by Crippen LogP contribution is -2.18. The number of benzene rings is 2. The Morgan fingerprint density at radius 2 is 1.79 bits per heavy atom. The van der Waals surface area contributed by atoms with Crippen molar-refractivity contribution < 1.29 is 23.7 Å². The van der Waals surface area contributed by atoms with Crippen LogP contribution in [0.2, 0.25) is 0 Å². The van der Waals surface area contributed by atoms with Crippen LogP contribution in [0.15, 0.2) is 36.4 Å². The molecule has 0 N–H and O–H groups in total. The molecule has 4 rings (SSSR count). The second kappa shape index (κ2) is 9.84. The van der Waals surface area contributed by atoms with E-state index in [1.807, 2.05) is 48.5 Å². The van der Waals surface area contributed by atoms with Gasteiger partial charge in [-0.05, 0) is 67.2 Å². The highest BCUT2D eigenvalue weighted by molar-refractivity contribution is 6.06. The fraction of sp³-hybridized carbons (Fsp3) is 0.296. The van der Waals surface area contributed by atoms with Crippen LogP contribution in [0.25, 0.3) is 22.6 Å². The van der Waals surface area contributed by atoms with Gasteiger partial charge >= 0.3 is 5.97 Å². The molecule has 1 aromatic heterocycles. The number of pyridine rings is 1. The van der Waals surface area contributed by atoms with Gasteiger partial charge < -0.3 is 18.9 Å². The Morgan fingerprint density at radius 3 is 2.44 bits per heavy atom. The molecule has 0 saturated heterocycles. The predicted octanol–water partition coefficient (Wildman–Crippen LogP) is 5.21. The van der Waals surface area contributed by atoms with Crippen molar-refractivity contribution in [3.8, 4) is 23.3 Å². The Balaban J connectivity index is 1.90. The van der Waals surface area contributed by atoms with E-state index in [0.29, 0.717) is 34.7 Å². The van der Waals surface area contributed by atoms with Gasteiger partial charge in [0.05, 0.1) is 38.1 Å². The largest absolute Gasteiger partial charge is 0.493 e. The number of fused-ring (bicyclic) bond motifs is 2. The second-order valence-corrected chi connectivity index (χ2v) is 7.99. The molecule has 34 heavy (non-hydrogen) atoms. The minimum absolute atomic E-state index is 0.484. The number of hydrogen-bond donors (Lipinski definition) is 0. The van der Waals surface area contributed by atoms with Gasteiger partial charge in [0.2, 0.25) is 5.75 Å². The third-order valence-electron chi connectivity index (χ3n) is 5.87. The van der Waals surface area contributed by atoms with Crippen molar-refractivity contribution in [2.24, 2.45) is 0 Å². The number of carbonyl (C=O) groups excluding carboxylic acids is 1. The van der Waals surface area contributed by atoms with Crippen LogP contribution in [0, 0.1) is 11.3 Å². The molecule has 2 aromatic carbocycles. The SMILES string of the molecule is COc1cc(/C=C2\CCCc3c2nc2ccccc2c3C(=O)OC(C)C#N)cc(OC)c1OC. The van der Waals surface area contributed by atoms with Crippen LogP contribution in [-0.4, -0.2) is 38.4 Å². The van der Waals surface area contributed by atoms with Gasteiger partial charge in [0.1, 0.15) is 6.07 Å². The summed E-state index contributed by atoms with van der Waals surface area (Å²) in [6, 6.07) is 13.2. The van der Waals surface area contributed by atoms with Crippen LogP contribution in [0.5, 0.6) is 17.2 Å². The van der Waals surface area contributed by atoms with Crippen molar-refractivity contribution >= 4 is 28.5 Å². The first-order valence-electron chi connectivity index (χ1n) is 11.0. The van der Waals surface area contributed by atoms with Crippen LogP contribution in [0.4, 0.5) is 0 Å². The van der Waals surface area contributed by atoms with Gasteiger partial charge in [0.25, 0.3) is 0 Å². The molecule has 1 aliphatic rings. The van der Waals surface area contributed by atoms with Crippen LogP contribution < -0.4 is 14.2 Å². The van der Waals surface area contributed by atoms with Crippen molar-refractivity contribution in [3.05, 3.63) is 58.8 Å². The quantitative estimate of drug-likeness (QED) is 0.469. The number of nitriles is 1. The van der Waals surface area contributed by atoms with Crippen LogP contribution in [0.1, 0.15) is 46.9 Å². The van der Waals surface area contributed by atoms with E-state index in [0.717, 1.165) is 40.6 Å². The van der Waals surface area contributed by atoms with Crippen molar-refractivity contribution in [1.29, 1.82) is 5.26 Å². The van der Waals surface area contributed by atoms with Crippen molar-refractivity contribution in [2.75, 3.05) is 21.3 Å². The zero-order chi connectivity index (χ0) is 24.2. The Labute approximate surface area is 198 Å². The maximum atomic E-state index is 13.1. The molecule has 174 valence electrons. The van der Waals surface area contributed by atoms with Crippen molar-refractivity contribution in [3.63, 3.8) is 0 Å². The van der Waals surface area contributed by atoms with Crippen LogP contribution in [-0.2, 0) is 11.2 Å². The lowest BCUT2D eigenvalue weighted by atomic mass is 9.86. The third-order valence-corrected chi connectivity index (χ3v) is 5.87. The molecular weight excluding hydrogens is 432 g/mol. The molecule has 0 aliphatic heterocycles. The Bertz CT molecular complexity index is 1300. The molecule has 1 aliphatic carbocycles. The monoisotopic (exact) mass is 458 g/mol. The highest BCUT2D eigenvalue weighted by atomic mass is 16.5. The summed E-state index contributed by atoms with van der Waals surface area (Å²) < 4.78 is 21.8. The summed E-state index contributed by atoms with van der Waals surface area (Å²) in [6.45, 7) is 1.56. The summed E-state index contributed by atoms with van der Waals surface area (Å²) in [6.07, 6.45) is 3.56. The van der Waals surface area contributed by atoms with E-state index < -0.39 is 12.1 Å². The van der Waals surface area contributed by atoms with Gasteiger partial charge in [-0.15, -0.1) is 0 Å². The van der Waals surface area contributed by atoms with Gasteiger partial charge in [-0.1, -0.05) is 18.2 Å². The molecular formula is C27H26N2O5. The summed E-state index contributed by atoms with van der Waals surface area (Å²) in [5.74, 6) is 1.15. The standard InChI is InChI=1S/C27H26N2O5/c1-16(15-28)34-27(30)24-19-9-5-6-11-21(19)29-25-18(8-7-10-20(24)25)12-17-13-22(31-2)26(33-4)23(14-17)32-3/h5-6,9,11-14,16H,7-8,10H2,1-4H3/b18-12+. The zero-order valence-electron chi connectivity index (χ0n) is 19.7. The Kier molecular flexibility index (Phi) is 6.69. The van der Waals surface area contributed by atoms with Gasteiger partial charge in [-0.3, -0.25) is 0 Å². The van der Waals surface area contributed by atoms with Gasteiger partial charge in [-0.2, -0.15) is 5.26 Å². The van der Waals surface area contributed by atoms with E-state index in [2.05, 4.69) is 0 Å². The lowest BCUT2D eigenvalue weighted by molar-refractivity contribution is 0.0436. The van der Waals surface area contributed by atoms with Crippen LogP contribution in [0.3, 0.4) is 0 Å². The lowest BCUT2D eigenvalue weighted by Gasteiger charge is -2.23.